The highest BCUT2D eigenvalue weighted by atomic mass is 32.2. The minimum Gasteiger partial charge on any atom is -0.744 e. The number of rotatable bonds is 4. The number of aryl methyl sites for hydroxylation is 2. The zero-order valence-electron chi connectivity index (χ0n) is 17.4. The Morgan fingerprint density at radius 3 is 2.23 bits per heavy atom. The molecule has 7 heteroatoms. The largest absolute Gasteiger partial charge is 0.744 e. The van der Waals surface area contributed by atoms with Crippen molar-refractivity contribution in [1.82, 2.24) is 0 Å². The smallest absolute Gasteiger partial charge is 0.262 e. The Kier molecular flexibility index (Phi) is 7.22. The molecule has 0 spiro atoms. The highest BCUT2D eigenvalue weighted by Crippen LogP contribution is 2.22. The lowest BCUT2D eigenvalue weighted by Crippen LogP contribution is -2.33. The molecule has 0 aliphatic rings. The Hall–Kier alpha value is -3.00. The van der Waals surface area contributed by atoms with E-state index in [4.69, 9.17) is 5.73 Å². The third kappa shape index (κ3) is 6.01. The van der Waals surface area contributed by atoms with Gasteiger partial charge in [0.2, 0.25) is 5.52 Å². The van der Waals surface area contributed by atoms with Crippen LogP contribution in [-0.2, 0) is 16.7 Å². The second kappa shape index (κ2) is 9.87. The average Bonchev–Trinajstić information content (AvgIpc) is 3.11. The van der Waals surface area contributed by atoms with Gasteiger partial charge in [0.15, 0.2) is 0 Å². The molecule has 0 atom stereocenters. The predicted octanol–water partition coefficient (Wildman–Crippen LogP) is 4.86. The second-order valence-corrected chi connectivity index (χ2v) is 9.36. The van der Waals surface area contributed by atoms with Crippen LogP contribution in [0.4, 0.5) is 5.69 Å². The summed E-state index contributed by atoms with van der Waals surface area (Å²) in [6.45, 7) is 4.98. The summed E-state index contributed by atoms with van der Waals surface area (Å²) in [6, 6.07) is 22.2. The molecule has 1 aromatic heterocycles. The number of anilines is 1. The maximum atomic E-state index is 10.4. The molecule has 4 rings (SSSR count). The highest BCUT2D eigenvalue weighted by molar-refractivity contribution is 7.85. The molecule has 3 aromatic carbocycles. The van der Waals surface area contributed by atoms with Gasteiger partial charge >= 0.3 is 0 Å². The van der Waals surface area contributed by atoms with Gasteiger partial charge in [0.25, 0.3) is 5.01 Å². The molecule has 5 nitrogen and oxygen atoms in total. The summed E-state index contributed by atoms with van der Waals surface area (Å²) >= 11 is 1.82. The number of benzene rings is 3. The van der Waals surface area contributed by atoms with Crippen LogP contribution >= 0.6 is 11.3 Å². The summed E-state index contributed by atoms with van der Waals surface area (Å²) < 4.78 is 34.8. The first-order valence-corrected chi connectivity index (χ1v) is 12.0. The van der Waals surface area contributed by atoms with E-state index in [1.165, 1.54) is 32.9 Å². The molecule has 0 bridgehead atoms. The first-order valence-electron chi connectivity index (χ1n) is 9.75. The molecule has 0 saturated heterocycles. The molecule has 0 saturated carbocycles. The topological polar surface area (TPSA) is 87.1 Å². The van der Waals surface area contributed by atoms with Crippen LogP contribution < -0.4 is 10.3 Å². The Labute approximate surface area is 186 Å². The van der Waals surface area contributed by atoms with Crippen LogP contribution in [-0.4, -0.2) is 13.0 Å². The molecular weight excluding hydrogens is 428 g/mol. The Morgan fingerprint density at radius 2 is 1.61 bits per heavy atom. The van der Waals surface area contributed by atoms with Crippen molar-refractivity contribution in [2.45, 2.75) is 25.3 Å². The standard InChI is InChI=1S/C17H16N2S.C7H8O3S/c1-2-19-15-5-3-4-6-16(15)20-17(19)12-9-13-7-10-14(18)11-8-13;1-6-2-4-7(5-3-6)11(8,9)10/h3-12,18H,2H2,1H3;2-5H,1H3,(H,8,9,10). The molecule has 0 fully saturated rings. The lowest BCUT2D eigenvalue weighted by Gasteiger charge is -2.05. The minimum atomic E-state index is -4.27. The highest BCUT2D eigenvalue weighted by Gasteiger charge is 2.15. The van der Waals surface area contributed by atoms with Crippen molar-refractivity contribution in [3.63, 3.8) is 0 Å². The van der Waals surface area contributed by atoms with Crippen molar-refractivity contribution < 1.29 is 17.5 Å². The lowest BCUT2D eigenvalue weighted by molar-refractivity contribution is -0.665. The molecule has 1 heterocycles. The lowest BCUT2D eigenvalue weighted by atomic mass is 10.2. The Morgan fingerprint density at radius 1 is 0.968 bits per heavy atom. The number of fused-ring (bicyclic) bond motifs is 1. The van der Waals surface area contributed by atoms with Gasteiger partial charge in [-0.25, -0.2) is 8.42 Å². The fourth-order valence-corrected chi connectivity index (χ4v) is 4.58. The number of nitrogens with two attached hydrogens (primary N) is 1. The molecule has 2 N–H and O–H groups in total. The van der Waals surface area contributed by atoms with Gasteiger partial charge in [-0.1, -0.05) is 53.3 Å². The van der Waals surface area contributed by atoms with Gasteiger partial charge in [0.05, 0.1) is 4.90 Å². The number of hydrogen-bond acceptors (Lipinski definition) is 5. The quantitative estimate of drug-likeness (QED) is 0.272. The van der Waals surface area contributed by atoms with Crippen LogP contribution in [0.5, 0.6) is 0 Å². The van der Waals surface area contributed by atoms with Gasteiger partial charge in [0.1, 0.15) is 21.4 Å². The van der Waals surface area contributed by atoms with Crippen molar-refractivity contribution >= 4 is 49.5 Å². The van der Waals surface area contributed by atoms with Gasteiger partial charge in [-0.15, -0.1) is 0 Å². The Bertz CT molecular complexity index is 1290. The van der Waals surface area contributed by atoms with Gasteiger partial charge < -0.3 is 10.3 Å². The average molecular weight is 453 g/mol. The molecule has 0 unspecified atom stereocenters. The van der Waals surface area contributed by atoms with Gasteiger partial charge in [-0.2, -0.15) is 4.57 Å². The van der Waals surface area contributed by atoms with Crippen molar-refractivity contribution in [1.29, 1.82) is 0 Å². The zero-order chi connectivity index (χ0) is 22.4. The summed E-state index contributed by atoms with van der Waals surface area (Å²) in [5.41, 5.74) is 9.90. The van der Waals surface area contributed by atoms with E-state index in [2.05, 4.69) is 47.9 Å². The van der Waals surface area contributed by atoms with E-state index >= 15 is 0 Å². The van der Waals surface area contributed by atoms with E-state index in [9.17, 15) is 13.0 Å². The van der Waals surface area contributed by atoms with Crippen molar-refractivity contribution in [3.05, 3.63) is 88.9 Å². The van der Waals surface area contributed by atoms with Crippen molar-refractivity contribution in [2.24, 2.45) is 0 Å². The summed E-state index contributed by atoms with van der Waals surface area (Å²) in [7, 11) is -4.27. The van der Waals surface area contributed by atoms with Crippen molar-refractivity contribution in [3.8, 4) is 0 Å². The fraction of sp³-hybridized carbons (Fsp3) is 0.125. The molecule has 31 heavy (non-hydrogen) atoms. The summed E-state index contributed by atoms with van der Waals surface area (Å²) in [6.07, 6.45) is 4.32. The Balaban J connectivity index is 0.000000210. The number of nitrogen functional groups attached to an aromatic ring is 1. The number of hydrogen-bond donors (Lipinski definition) is 1. The second-order valence-electron chi connectivity index (χ2n) is 6.92. The molecule has 4 aromatic rings. The van der Waals surface area contributed by atoms with Crippen LogP contribution in [0.2, 0.25) is 0 Å². The van der Waals surface area contributed by atoms with E-state index in [0.717, 1.165) is 17.8 Å². The van der Waals surface area contributed by atoms with Gasteiger partial charge in [0, 0.05) is 17.8 Å². The van der Waals surface area contributed by atoms with E-state index < -0.39 is 10.1 Å². The van der Waals surface area contributed by atoms with E-state index in [1.54, 1.807) is 12.1 Å². The van der Waals surface area contributed by atoms with Gasteiger partial charge in [-0.05, 0) is 55.8 Å². The normalized spacial score (nSPS) is 11.5. The number of thiazole rings is 1. The number of aromatic nitrogens is 1. The summed E-state index contributed by atoms with van der Waals surface area (Å²) in [5, 5.41) is 1.27. The molecule has 0 aliphatic carbocycles. The SMILES string of the molecule is CC[n+]1c(/C=C/c2ccc(N)cc2)sc2ccccc21.Cc1ccc(S(=O)(=O)[O-])cc1. The van der Waals surface area contributed by atoms with E-state index in [0.29, 0.717) is 0 Å². The van der Waals surface area contributed by atoms with Crippen LogP contribution in [0.25, 0.3) is 22.4 Å². The third-order valence-electron chi connectivity index (χ3n) is 4.62. The maximum absolute atomic E-state index is 10.4. The molecule has 0 radical (unpaired) electrons. The third-order valence-corrected chi connectivity index (χ3v) is 6.60. The van der Waals surface area contributed by atoms with Crippen LogP contribution in [0.15, 0.2) is 77.7 Å². The van der Waals surface area contributed by atoms with Crippen LogP contribution in [0.3, 0.4) is 0 Å². The molecular formula is C24H24N2O3S2. The molecule has 0 aliphatic heterocycles. The van der Waals surface area contributed by atoms with E-state index in [1.807, 2.05) is 42.5 Å². The fourth-order valence-electron chi connectivity index (χ4n) is 2.98. The first-order chi connectivity index (χ1) is 14.8. The number of para-hydroxylation sites is 1. The monoisotopic (exact) mass is 452 g/mol. The van der Waals surface area contributed by atoms with Gasteiger partial charge in [-0.3, -0.25) is 0 Å². The zero-order valence-corrected chi connectivity index (χ0v) is 19.0. The van der Waals surface area contributed by atoms with E-state index in [-0.39, 0.29) is 4.90 Å². The minimum absolute atomic E-state index is 0.178. The van der Waals surface area contributed by atoms with Crippen LogP contribution in [0.1, 0.15) is 23.1 Å². The summed E-state index contributed by atoms with van der Waals surface area (Å²) in [4.78, 5) is -0.178. The van der Waals surface area contributed by atoms with Crippen molar-refractivity contribution in [2.75, 3.05) is 5.73 Å². The molecule has 160 valence electrons. The molecule has 0 amide bonds. The first kappa shape index (κ1) is 22.7. The van der Waals surface area contributed by atoms with Crippen LogP contribution in [0, 0.1) is 6.92 Å². The number of nitrogens with zero attached hydrogens (tertiary/aromatic N) is 1. The predicted molar refractivity (Wildman–Crippen MR) is 127 cm³/mol. The maximum Gasteiger partial charge on any atom is 0.262 e. The summed E-state index contributed by atoms with van der Waals surface area (Å²) in [5.74, 6) is 0.